The topological polar surface area (TPSA) is 94.5 Å². The quantitative estimate of drug-likeness (QED) is 0.221. The average Bonchev–Trinajstić information content (AvgIpc) is 3.45. The van der Waals surface area contributed by atoms with Crippen molar-refractivity contribution in [2.24, 2.45) is 0 Å². The van der Waals surface area contributed by atoms with E-state index in [0.29, 0.717) is 28.5 Å². The minimum atomic E-state index is -0.969. The molecule has 0 aromatic heterocycles. The second-order valence-electron chi connectivity index (χ2n) is 8.92. The number of anilines is 1. The zero-order chi connectivity index (χ0) is 27.1. The molecule has 0 aliphatic carbocycles. The third-order valence-electron chi connectivity index (χ3n) is 6.12. The first-order valence-electron chi connectivity index (χ1n) is 11.7. The lowest BCUT2D eigenvalue weighted by molar-refractivity contribution is -0.132. The Labute approximate surface area is 228 Å². The molecule has 1 atom stereocenters. The Bertz CT molecular complexity index is 1440. The Kier molecular flexibility index (Phi) is 6.86. The minimum absolute atomic E-state index is 0.0373. The highest BCUT2D eigenvalue weighted by Gasteiger charge is 2.47. The number of fused-ring (bicyclic) bond motifs is 1. The summed E-state index contributed by atoms with van der Waals surface area (Å²) in [5, 5.41) is 11.7. The molecule has 1 unspecified atom stereocenters. The van der Waals surface area contributed by atoms with E-state index >= 15 is 0 Å². The van der Waals surface area contributed by atoms with E-state index in [1.807, 2.05) is 13.8 Å². The molecule has 38 heavy (non-hydrogen) atoms. The molecule has 196 valence electrons. The zero-order valence-electron chi connectivity index (χ0n) is 20.7. The van der Waals surface area contributed by atoms with E-state index < -0.39 is 23.5 Å². The summed E-state index contributed by atoms with van der Waals surface area (Å²) in [6.45, 7) is 3.87. The van der Waals surface area contributed by atoms with Gasteiger partial charge in [0.2, 0.25) is 6.79 Å². The number of nitrogens with zero attached hydrogens (tertiary/aromatic N) is 1. The molecule has 1 amide bonds. The molecular weight excluding hydrogens is 533 g/mol. The second-order valence-corrected chi connectivity index (χ2v) is 9.73. The molecule has 1 saturated heterocycles. The molecule has 8 nitrogen and oxygen atoms in total. The summed E-state index contributed by atoms with van der Waals surface area (Å²) in [5.41, 5.74) is 1.01. The standard InChI is InChI=1S/C28H23Cl2NO7/c1-14(2)38-18-7-4-15(5-8-18)24-23(25(32)16-10-19(29)27(35-3)20(30)11-16)26(33)28(34)31(24)17-6-9-21-22(12-17)37-13-36-21/h4-12,14,24,32H,13H2,1-3H3/b25-23+. The molecule has 1 N–H and O–H groups in total. The Morgan fingerprint density at radius 1 is 1.00 bits per heavy atom. The number of aliphatic hydroxyl groups is 1. The molecule has 0 radical (unpaired) electrons. The maximum Gasteiger partial charge on any atom is 0.300 e. The number of halogens is 2. The first kappa shape index (κ1) is 25.8. The van der Waals surface area contributed by atoms with Crippen LogP contribution >= 0.6 is 23.2 Å². The van der Waals surface area contributed by atoms with Gasteiger partial charge in [-0.05, 0) is 55.8 Å². The van der Waals surface area contributed by atoms with Gasteiger partial charge in [0, 0.05) is 17.3 Å². The minimum Gasteiger partial charge on any atom is -0.507 e. The van der Waals surface area contributed by atoms with Crippen LogP contribution in [0, 0.1) is 0 Å². The summed E-state index contributed by atoms with van der Waals surface area (Å²) in [7, 11) is 1.41. The van der Waals surface area contributed by atoms with Crippen molar-refractivity contribution in [3.05, 3.63) is 81.3 Å². The summed E-state index contributed by atoms with van der Waals surface area (Å²) in [5.74, 6) is -0.289. The van der Waals surface area contributed by atoms with Crippen molar-refractivity contribution in [1.29, 1.82) is 0 Å². The van der Waals surface area contributed by atoms with Crippen LogP contribution in [0.15, 0.2) is 60.2 Å². The van der Waals surface area contributed by atoms with Gasteiger partial charge in [-0.15, -0.1) is 0 Å². The third kappa shape index (κ3) is 4.50. The summed E-state index contributed by atoms with van der Waals surface area (Å²) in [6, 6.07) is 13.8. The highest BCUT2D eigenvalue weighted by Crippen LogP contribution is 2.46. The first-order chi connectivity index (χ1) is 18.2. The molecule has 10 heteroatoms. The van der Waals surface area contributed by atoms with Crippen LogP contribution in [0.1, 0.15) is 31.0 Å². The summed E-state index contributed by atoms with van der Waals surface area (Å²) < 4.78 is 21.8. The van der Waals surface area contributed by atoms with Crippen LogP contribution in [0.3, 0.4) is 0 Å². The van der Waals surface area contributed by atoms with Gasteiger partial charge in [0.25, 0.3) is 11.7 Å². The number of rotatable bonds is 6. The van der Waals surface area contributed by atoms with Crippen molar-refractivity contribution >= 4 is 46.3 Å². The summed E-state index contributed by atoms with van der Waals surface area (Å²) in [4.78, 5) is 28.2. The van der Waals surface area contributed by atoms with Crippen LogP contribution in [-0.4, -0.2) is 36.8 Å². The van der Waals surface area contributed by atoms with E-state index in [-0.39, 0.29) is 39.8 Å². The molecule has 0 spiro atoms. The third-order valence-corrected chi connectivity index (χ3v) is 6.68. The SMILES string of the molecule is COc1c(Cl)cc(/C(O)=C2\C(=O)C(=O)N(c3ccc4c(c3)OCO4)C2c2ccc(OC(C)C)cc2)cc1Cl. The molecule has 2 heterocycles. The molecule has 2 aliphatic rings. The molecule has 1 fully saturated rings. The molecule has 0 bridgehead atoms. The van der Waals surface area contributed by atoms with Gasteiger partial charge in [0.05, 0.1) is 34.9 Å². The van der Waals surface area contributed by atoms with Crippen LogP contribution in [0.4, 0.5) is 5.69 Å². The van der Waals surface area contributed by atoms with Crippen molar-refractivity contribution in [1.82, 2.24) is 0 Å². The van der Waals surface area contributed by atoms with Gasteiger partial charge in [0.1, 0.15) is 11.5 Å². The van der Waals surface area contributed by atoms with E-state index in [1.54, 1.807) is 42.5 Å². The molecule has 5 rings (SSSR count). The average molecular weight is 556 g/mol. The van der Waals surface area contributed by atoms with Crippen LogP contribution in [0.5, 0.6) is 23.0 Å². The van der Waals surface area contributed by atoms with Gasteiger partial charge in [-0.1, -0.05) is 35.3 Å². The molecule has 3 aromatic rings. The number of Topliss-reactive ketones (excluding diaryl/α,β-unsaturated/α-hetero) is 1. The Morgan fingerprint density at radius 3 is 2.29 bits per heavy atom. The molecule has 3 aromatic carbocycles. The number of aliphatic hydroxyl groups excluding tert-OH is 1. The van der Waals surface area contributed by atoms with Crippen molar-refractivity contribution in [2.45, 2.75) is 26.0 Å². The number of hydrogen-bond donors (Lipinski definition) is 1. The summed E-state index contributed by atoms with van der Waals surface area (Å²) in [6.07, 6.45) is -0.0373. The predicted octanol–water partition coefficient (Wildman–Crippen LogP) is 6.14. The fraction of sp³-hybridized carbons (Fsp3) is 0.214. The molecule has 0 saturated carbocycles. The van der Waals surface area contributed by atoms with Crippen LogP contribution < -0.4 is 23.8 Å². The number of carbonyl (C=O) groups is 2. The summed E-state index contributed by atoms with van der Waals surface area (Å²) >= 11 is 12.6. The van der Waals surface area contributed by atoms with E-state index in [4.69, 9.17) is 42.1 Å². The second kappa shape index (κ2) is 10.1. The highest BCUT2D eigenvalue weighted by atomic mass is 35.5. The molecular formula is C28H23Cl2NO7. The van der Waals surface area contributed by atoms with Gasteiger partial charge in [-0.3, -0.25) is 14.5 Å². The van der Waals surface area contributed by atoms with Gasteiger partial charge < -0.3 is 24.1 Å². The number of methoxy groups -OCH3 is 1. The van der Waals surface area contributed by atoms with Crippen molar-refractivity contribution in [3.63, 3.8) is 0 Å². The van der Waals surface area contributed by atoms with Crippen molar-refractivity contribution in [3.8, 4) is 23.0 Å². The van der Waals surface area contributed by atoms with E-state index in [2.05, 4.69) is 0 Å². The fourth-order valence-corrected chi connectivity index (χ4v) is 5.14. The molecule has 2 aliphatic heterocycles. The maximum absolute atomic E-state index is 13.4. The Morgan fingerprint density at radius 2 is 1.66 bits per heavy atom. The fourth-order valence-electron chi connectivity index (χ4n) is 4.50. The Balaban J connectivity index is 1.68. The van der Waals surface area contributed by atoms with Crippen LogP contribution in [-0.2, 0) is 9.59 Å². The van der Waals surface area contributed by atoms with Crippen LogP contribution in [0.25, 0.3) is 5.76 Å². The van der Waals surface area contributed by atoms with E-state index in [9.17, 15) is 14.7 Å². The van der Waals surface area contributed by atoms with Crippen molar-refractivity contribution < 1.29 is 33.6 Å². The van der Waals surface area contributed by atoms with E-state index in [1.165, 1.54) is 24.1 Å². The van der Waals surface area contributed by atoms with Crippen molar-refractivity contribution in [2.75, 3.05) is 18.8 Å². The highest BCUT2D eigenvalue weighted by molar-refractivity contribution is 6.51. The number of benzene rings is 3. The largest absolute Gasteiger partial charge is 0.507 e. The lowest BCUT2D eigenvalue weighted by Crippen LogP contribution is -2.29. The monoisotopic (exact) mass is 555 g/mol. The predicted molar refractivity (Wildman–Crippen MR) is 143 cm³/mol. The zero-order valence-corrected chi connectivity index (χ0v) is 22.2. The Hall–Kier alpha value is -3.88. The number of hydrogen-bond acceptors (Lipinski definition) is 7. The first-order valence-corrected chi connectivity index (χ1v) is 12.5. The van der Waals surface area contributed by atoms with Gasteiger partial charge in [-0.25, -0.2) is 0 Å². The lowest BCUT2D eigenvalue weighted by Gasteiger charge is -2.26. The number of carbonyl (C=O) groups excluding carboxylic acids is 2. The van der Waals surface area contributed by atoms with Gasteiger partial charge >= 0.3 is 0 Å². The van der Waals surface area contributed by atoms with Gasteiger partial charge in [0.15, 0.2) is 17.2 Å². The smallest absolute Gasteiger partial charge is 0.300 e. The maximum atomic E-state index is 13.4. The number of amides is 1. The normalized spacial score (nSPS) is 17.8. The number of ketones is 1. The van der Waals surface area contributed by atoms with E-state index in [0.717, 1.165) is 0 Å². The van der Waals surface area contributed by atoms with Crippen LogP contribution in [0.2, 0.25) is 10.0 Å². The number of ether oxygens (including phenoxy) is 4. The van der Waals surface area contributed by atoms with Gasteiger partial charge in [-0.2, -0.15) is 0 Å². The lowest BCUT2D eigenvalue weighted by atomic mass is 9.95.